The maximum Gasteiger partial charge on any atom is 0.336 e. The number of amides is 1. The Morgan fingerprint density at radius 3 is 2.19 bits per heavy atom. The summed E-state index contributed by atoms with van der Waals surface area (Å²) in [6, 6.07) is 8.13. The maximum absolute atomic E-state index is 12.3. The summed E-state index contributed by atoms with van der Waals surface area (Å²) in [7, 11) is 0. The lowest BCUT2D eigenvalue weighted by Crippen LogP contribution is -2.34. The Hall–Kier alpha value is -3.39. The molecule has 0 saturated heterocycles. The summed E-state index contributed by atoms with van der Waals surface area (Å²) in [5, 5.41) is 37.8. The topological polar surface area (TPSA) is 184 Å². The average molecular weight is 436 g/mol. The molecule has 166 valence electrons. The highest BCUT2D eigenvalue weighted by Gasteiger charge is 2.17. The summed E-state index contributed by atoms with van der Waals surface area (Å²) in [4.78, 5) is 47.9. The van der Waals surface area contributed by atoms with E-state index in [0.717, 1.165) is 0 Å². The molecule has 0 spiro atoms. The molecular weight excluding hydrogens is 416 g/mol. The SMILES string of the molecule is O=C(O)c1ccc(CONCNC(=O)c2ccc(COO)cc2C(=O)O)c(COO)c1. The van der Waals surface area contributed by atoms with E-state index < -0.39 is 17.8 Å². The van der Waals surface area contributed by atoms with Crippen molar-refractivity contribution in [2.24, 2.45) is 0 Å². The molecule has 0 atom stereocenters. The molecule has 2 aromatic rings. The molecule has 31 heavy (non-hydrogen) atoms. The van der Waals surface area contributed by atoms with E-state index in [0.29, 0.717) is 16.7 Å². The number of nitrogens with one attached hydrogen (secondary N) is 2. The lowest BCUT2D eigenvalue weighted by molar-refractivity contribution is -0.253. The van der Waals surface area contributed by atoms with Crippen molar-refractivity contribution in [1.29, 1.82) is 0 Å². The normalized spacial score (nSPS) is 10.6. The molecular formula is C19H20N2O10. The Labute approximate surface area is 175 Å². The van der Waals surface area contributed by atoms with E-state index in [9.17, 15) is 19.5 Å². The van der Waals surface area contributed by atoms with Crippen LogP contribution in [-0.2, 0) is 34.4 Å². The molecule has 0 unspecified atom stereocenters. The average Bonchev–Trinajstić information content (AvgIpc) is 2.74. The third-order valence-electron chi connectivity index (χ3n) is 4.11. The van der Waals surface area contributed by atoms with E-state index in [1.807, 2.05) is 0 Å². The van der Waals surface area contributed by atoms with Gasteiger partial charge >= 0.3 is 11.9 Å². The molecule has 0 radical (unpaired) electrons. The van der Waals surface area contributed by atoms with E-state index in [2.05, 4.69) is 20.6 Å². The van der Waals surface area contributed by atoms with Gasteiger partial charge in [-0.05, 0) is 41.0 Å². The van der Waals surface area contributed by atoms with Crippen LogP contribution < -0.4 is 10.8 Å². The zero-order chi connectivity index (χ0) is 22.8. The van der Waals surface area contributed by atoms with Gasteiger partial charge in [-0.25, -0.2) is 19.4 Å². The summed E-state index contributed by atoms with van der Waals surface area (Å²) in [6.07, 6.45) is 0. The summed E-state index contributed by atoms with van der Waals surface area (Å²) in [5.41, 5.74) is 3.43. The van der Waals surface area contributed by atoms with Gasteiger partial charge in [0.25, 0.3) is 5.91 Å². The van der Waals surface area contributed by atoms with Crippen LogP contribution in [0.3, 0.4) is 0 Å². The minimum atomic E-state index is -1.32. The van der Waals surface area contributed by atoms with Crippen molar-refractivity contribution in [3.63, 3.8) is 0 Å². The lowest BCUT2D eigenvalue weighted by Gasteiger charge is -2.12. The van der Waals surface area contributed by atoms with Crippen molar-refractivity contribution in [3.05, 3.63) is 69.8 Å². The van der Waals surface area contributed by atoms with Crippen molar-refractivity contribution < 1.29 is 49.7 Å². The molecule has 0 aliphatic carbocycles. The van der Waals surface area contributed by atoms with Gasteiger partial charge in [-0.2, -0.15) is 5.48 Å². The van der Waals surface area contributed by atoms with Gasteiger partial charge in [-0.1, -0.05) is 12.1 Å². The molecule has 12 nitrogen and oxygen atoms in total. The van der Waals surface area contributed by atoms with E-state index >= 15 is 0 Å². The molecule has 0 fully saturated rings. The summed E-state index contributed by atoms with van der Waals surface area (Å²) in [6.45, 7) is -0.677. The molecule has 0 heterocycles. The second-order valence-corrected chi connectivity index (χ2v) is 6.14. The largest absolute Gasteiger partial charge is 0.478 e. The second kappa shape index (κ2) is 11.7. The van der Waals surface area contributed by atoms with Crippen LogP contribution in [0.4, 0.5) is 0 Å². The van der Waals surface area contributed by atoms with Gasteiger partial charge in [-0.15, -0.1) is 0 Å². The highest BCUT2D eigenvalue weighted by atomic mass is 17.1. The van der Waals surface area contributed by atoms with E-state index in [1.54, 1.807) is 0 Å². The molecule has 1 amide bonds. The predicted molar refractivity (Wildman–Crippen MR) is 102 cm³/mol. The van der Waals surface area contributed by atoms with E-state index in [4.69, 9.17) is 20.5 Å². The molecule has 0 saturated carbocycles. The fraction of sp³-hybridized carbons (Fsp3) is 0.211. The fourth-order valence-corrected chi connectivity index (χ4v) is 2.63. The standard InChI is InChI=1S/C19H20N2O10/c22-17(15-4-1-11(7-30-27)5-16(15)19(25)26)20-10-21-29-8-13-3-2-12(18(23)24)6-14(13)9-31-28/h1-6,21,27-28H,7-10H2,(H,20,22)(H,23,24)(H,25,26). The Morgan fingerprint density at radius 1 is 0.806 bits per heavy atom. The molecule has 2 aromatic carbocycles. The van der Waals surface area contributed by atoms with Gasteiger partial charge < -0.3 is 15.5 Å². The van der Waals surface area contributed by atoms with Crippen molar-refractivity contribution in [2.75, 3.05) is 6.67 Å². The van der Waals surface area contributed by atoms with Gasteiger partial charge in [0.15, 0.2) is 0 Å². The number of rotatable bonds is 12. The van der Waals surface area contributed by atoms with Crippen molar-refractivity contribution in [1.82, 2.24) is 10.8 Å². The number of hydrogen-bond acceptors (Lipinski definition) is 9. The van der Waals surface area contributed by atoms with Crippen LogP contribution in [0.25, 0.3) is 0 Å². The lowest BCUT2D eigenvalue weighted by atomic mass is 10.0. The van der Waals surface area contributed by atoms with Crippen LogP contribution in [0.5, 0.6) is 0 Å². The Bertz CT molecular complexity index is 947. The quantitative estimate of drug-likeness (QED) is 0.123. The maximum atomic E-state index is 12.3. The minimum Gasteiger partial charge on any atom is -0.478 e. The Balaban J connectivity index is 1.91. The highest BCUT2D eigenvalue weighted by molar-refractivity contribution is 6.04. The van der Waals surface area contributed by atoms with Crippen molar-refractivity contribution in [3.8, 4) is 0 Å². The molecule has 0 aromatic heterocycles. The zero-order valence-electron chi connectivity index (χ0n) is 16.0. The first kappa shape index (κ1) is 23.9. The monoisotopic (exact) mass is 436 g/mol. The number of carboxylic acid groups (broad SMARTS) is 2. The van der Waals surface area contributed by atoms with Crippen molar-refractivity contribution in [2.45, 2.75) is 19.8 Å². The Morgan fingerprint density at radius 2 is 1.55 bits per heavy atom. The van der Waals surface area contributed by atoms with Crippen LogP contribution in [0.1, 0.15) is 47.8 Å². The van der Waals surface area contributed by atoms with Crippen LogP contribution in [0, 0.1) is 0 Å². The van der Waals surface area contributed by atoms with Crippen LogP contribution in [0.15, 0.2) is 36.4 Å². The number of carboxylic acids is 2. The smallest absolute Gasteiger partial charge is 0.336 e. The van der Waals surface area contributed by atoms with Crippen LogP contribution >= 0.6 is 0 Å². The number of carbonyl (C=O) groups is 3. The summed E-state index contributed by atoms with van der Waals surface area (Å²) >= 11 is 0. The molecule has 6 N–H and O–H groups in total. The minimum absolute atomic E-state index is 0.0156. The van der Waals surface area contributed by atoms with Crippen LogP contribution in [-0.4, -0.2) is 45.2 Å². The first-order chi connectivity index (χ1) is 14.9. The van der Waals surface area contributed by atoms with Crippen LogP contribution in [0.2, 0.25) is 0 Å². The fourth-order valence-electron chi connectivity index (χ4n) is 2.63. The van der Waals surface area contributed by atoms with Gasteiger partial charge in [0.2, 0.25) is 0 Å². The molecule has 0 aliphatic heterocycles. The third-order valence-corrected chi connectivity index (χ3v) is 4.11. The highest BCUT2D eigenvalue weighted by Crippen LogP contribution is 2.15. The first-order valence-electron chi connectivity index (χ1n) is 8.74. The number of carbonyl (C=O) groups excluding carboxylic acids is 1. The van der Waals surface area contributed by atoms with E-state index in [1.165, 1.54) is 36.4 Å². The number of benzene rings is 2. The second-order valence-electron chi connectivity index (χ2n) is 6.14. The molecule has 0 aliphatic rings. The number of aromatic carboxylic acids is 2. The van der Waals surface area contributed by atoms with Gasteiger partial charge in [0, 0.05) is 0 Å². The van der Waals surface area contributed by atoms with Gasteiger partial charge in [-0.3, -0.25) is 20.1 Å². The molecule has 12 heteroatoms. The van der Waals surface area contributed by atoms with Gasteiger partial charge in [0.05, 0.1) is 30.0 Å². The first-order valence-corrected chi connectivity index (χ1v) is 8.74. The summed E-state index contributed by atoms with van der Waals surface area (Å²) < 4.78 is 0. The summed E-state index contributed by atoms with van der Waals surface area (Å²) in [5.74, 6) is -3.13. The Kier molecular flexibility index (Phi) is 9.02. The van der Waals surface area contributed by atoms with Crippen molar-refractivity contribution >= 4 is 17.8 Å². The predicted octanol–water partition coefficient (Wildman–Crippen LogP) is 1.47. The zero-order valence-corrected chi connectivity index (χ0v) is 16.0. The number of hydrogen-bond donors (Lipinski definition) is 6. The molecule has 0 bridgehead atoms. The molecule has 2 rings (SSSR count). The third kappa shape index (κ3) is 6.82. The van der Waals surface area contributed by atoms with Gasteiger partial charge in [0.1, 0.15) is 13.2 Å². The number of hydroxylamine groups is 1. The van der Waals surface area contributed by atoms with E-state index in [-0.39, 0.29) is 43.2 Å².